The largest absolute Gasteiger partial charge is 0.448 e. The van der Waals surface area contributed by atoms with Crippen molar-refractivity contribution in [3.05, 3.63) is 29.3 Å². The second-order valence-electron chi connectivity index (χ2n) is 6.56. The Labute approximate surface area is 151 Å². The van der Waals surface area contributed by atoms with Crippen molar-refractivity contribution in [2.24, 2.45) is 11.7 Å². The van der Waals surface area contributed by atoms with Crippen molar-refractivity contribution in [2.45, 2.75) is 25.9 Å². The molecule has 0 bridgehead atoms. The van der Waals surface area contributed by atoms with E-state index in [1.807, 2.05) is 6.92 Å². The van der Waals surface area contributed by atoms with Gasteiger partial charge < -0.3 is 20.5 Å². The third-order valence-electron chi connectivity index (χ3n) is 4.79. The topological polar surface area (TPSA) is 111 Å². The fourth-order valence-corrected chi connectivity index (χ4v) is 3.38. The summed E-state index contributed by atoms with van der Waals surface area (Å²) >= 11 is 0. The molecule has 140 valence electrons. The third kappa shape index (κ3) is 3.80. The maximum Gasteiger partial charge on any atom is 0.338 e. The number of benzene rings is 1. The molecule has 2 heterocycles. The van der Waals surface area contributed by atoms with E-state index in [0.29, 0.717) is 44.7 Å². The lowest BCUT2D eigenvalue weighted by molar-refractivity contribution is -0.131. The van der Waals surface area contributed by atoms with Gasteiger partial charge >= 0.3 is 12.0 Å². The van der Waals surface area contributed by atoms with E-state index in [9.17, 15) is 14.4 Å². The molecule has 0 saturated carbocycles. The van der Waals surface area contributed by atoms with Crippen LogP contribution < -0.4 is 16.0 Å². The van der Waals surface area contributed by atoms with Crippen molar-refractivity contribution in [1.82, 2.24) is 5.32 Å². The molecule has 0 radical (unpaired) electrons. The molecule has 1 unspecified atom stereocenters. The van der Waals surface area contributed by atoms with Crippen LogP contribution in [0.4, 0.5) is 10.5 Å². The fourth-order valence-electron chi connectivity index (χ4n) is 3.38. The van der Waals surface area contributed by atoms with Crippen LogP contribution >= 0.6 is 0 Å². The van der Waals surface area contributed by atoms with E-state index < -0.39 is 18.0 Å². The third-order valence-corrected chi connectivity index (χ3v) is 4.79. The smallest absolute Gasteiger partial charge is 0.338 e. The molecule has 2 aliphatic heterocycles. The molecular formula is C18H23N3O5. The van der Waals surface area contributed by atoms with Gasteiger partial charge in [0.25, 0.3) is 5.91 Å². The lowest BCUT2D eigenvalue weighted by Gasteiger charge is -2.28. The number of hydrogen-bond acceptors (Lipinski definition) is 5. The summed E-state index contributed by atoms with van der Waals surface area (Å²) in [7, 11) is 0. The van der Waals surface area contributed by atoms with Gasteiger partial charge in [0.2, 0.25) is 0 Å². The second-order valence-corrected chi connectivity index (χ2v) is 6.56. The van der Waals surface area contributed by atoms with E-state index in [4.69, 9.17) is 15.2 Å². The van der Waals surface area contributed by atoms with Gasteiger partial charge in [-0.05, 0) is 43.5 Å². The minimum atomic E-state index is -0.962. The van der Waals surface area contributed by atoms with Gasteiger partial charge in [0, 0.05) is 37.9 Å². The average Bonchev–Trinajstić information content (AvgIpc) is 3.05. The zero-order chi connectivity index (χ0) is 18.7. The zero-order valence-corrected chi connectivity index (χ0v) is 14.7. The molecular weight excluding hydrogens is 338 g/mol. The first kappa shape index (κ1) is 18.2. The molecule has 3 rings (SSSR count). The van der Waals surface area contributed by atoms with Gasteiger partial charge in [0.15, 0.2) is 6.10 Å². The van der Waals surface area contributed by atoms with Gasteiger partial charge in [-0.2, -0.15) is 0 Å². The summed E-state index contributed by atoms with van der Waals surface area (Å²) in [4.78, 5) is 37.7. The summed E-state index contributed by atoms with van der Waals surface area (Å²) in [6, 6.07) is 4.81. The molecule has 8 heteroatoms. The van der Waals surface area contributed by atoms with Crippen LogP contribution in [0.25, 0.3) is 0 Å². The molecule has 2 aliphatic rings. The summed E-state index contributed by atoms with van der Waals surface area (Å²) < 4.78 is 10.7. The number of esters is 1. The Morgan fingerprint density at radius 2 is 2.08 bits per heavy atom. The van der Waals surface area contributed by atoms with E-state index in [0.717, 1.165) is 11.3 Å². The Balaban J connectivity index is 1.73. The number of primary amides is 1. The van der Waals surface area contributed by atoms with Gasteiger partial charge in [0.1, 0.15) is 0 Å². The second kappa shape index (κ2) is 7.74. The molecule has 2 fully saturated rings. The molecule has 1 atom stereocenters. The number of urea groups is 1. The standard InChI is InChI=1S/C18H23N3O5/c1-11-10-13(2-3-14(11)21-7-6-20-18(21)24)17(23)26-15(16(19)22)12-4-8-25-9-5-12/h2-3,10,12,15H,4-9H2,1H3,(H2,19,22)(H,20,24). The Morgan fingerprint density at radius 1 is 1.35 bits per heavy atom. The molecule has 3 N–H and O–H groups in total. The first-order valence-corrected chi connectivity index (χ1v) is 8.71. The van der Waals surface area contributed by atoms with Crippen molar-refractivity contribution < 1.29 is 23.9 Å². The molecule has 0 aliphatic carbocycles. The lowest BCUT2D eigenvalue weighted by Crippen LogP contribution is -2.41. The Morgan fingerprint density at radius 3 is 2.65 bits per heavy atom. The molecule has 8 nitrogen and oxygen atoms in total. The first-order valence-electron chi connectivity index (χ1n) is 8.71. The highest BCUT2D eigenvalue weighted by atomic mass is 16.5. The monoisotopic (exact) mass is 361 g/mol. The van der Waals surface area contributed by atoms with Gasteiger partial charge in [-0.15, -0.1) is 0 Å². The van der Waals surface area contributed by atoms with Gasteiger partial charge in [-0.3, -0.25) is 9.69 Å². The average molecular weight is 361 g/mol. The number of nitrogens with two attached hydrogens (primary N) is 1. The van der Waals surface area contributed by atoms with Crippen molar-refractivity contribution in [3.63, 3.8) is 0 Å². The quantitative estimate of drug-likeness (QED) is 0.759. The van der Waals surface area contributed by atoms with Gasteiger partial charge in [-0.25, -0.2) is 9.59 Å². The predicted octanol–water partition coefficient (Wildman–Crippen LogP) is 0.962. The van der Waals surface area contributed by atoms with Gasteiger partial charge in [-0.1, -0.05) is 0 Å². The Hall–Kier alpha value is -2.61. The van der Waals surface area contributed by atoms with Gasteiger partial charge in [0.05, 0.1) is 5.56 Å². The summed E-state index contributed by atoms with van der Waals surface area (Å²) in [5, 5.41) is 2.74. The molecule has 1 aromatic rings. The van der Waals surface area contributed by atoms with Crippen LogP contribution in [-0.2, 0) is 14.3 Å². The van der Waals surface area contributed by atoms with E-state index in [-0.39, 0.29) is 11.9 Å². The van der Waals surface area contributed by atoms with Crippen LogP contribution in [0.15, 0.2) is 18.2 Å². The highest BCUT2D eigenvalue weighted by Gasteiger charge is 2.32. The summed E-state index contributed by atoms with van der Waals surface area (Å²) in [6.07, 6.45) is 0.294. The number of aryl methyl sites for hydroxylation is 1. The summed E-state index contributed by atoms with van der Waals surface area (Å²) in [5.41, 5.74) is 7.28. The van der Waals surface area contributed by atoms with E-state index in [1.165, 1.54) is 0 Å². The normalized spacial score (nSPS) is 19.1. The number of amides is 3. The van der Waals surface area contributed by atoms with E-state index >= 15 is 0 Å². The van der Waals surface area contributed by atoms with Crippen LogP contribution in [0.1, 0.15) is 28.8 Å². The highest BCUT2D eigenvalue weighted by molar-refractivity contribution is 5.97. The molecule has 0 aromatic heterocycles. The SMILES string of the molecule is Cc1cc(C(=O)OC(C(N)=O)C2CCOCC2)ccc1N1CCNC1=O. The zero-order valence-electron chi connectivity index (χ0n) is 14.7. The molecule has 0 spiro atoms. The highest BCUT2D eigenvalue weighted by Crippen LogP contribution is 2.25. The van der Waals surface area contributed by atoms with E-state index in [1.54, 1.807) is 23.1 Å². The maximum atomic E-state index is 12.5. The van der Waals surface area contributed by atoms with Crippen LogP contribution in [0, 0.1) is 12.8 Å². The Kier molecular flexibility index (Phi) is 5.41. The Bertz CT molecular complexity index is 715. The number of rotatable bonds is 5. The molecule has 2 saturated heterocycles. The van der Waals surface area contributed by atoms with Crippen molar-refractivity contribution in [1.29, 1.82) is 0 Å². The van der Waals surface area contributed by atoms with Crippen LogP contribution in [0.3, 0.4) is 0 Å². The predicted molar refractivity (Wildman–Crippen MR) is 93.9 cm³/mol. The number of anilines is 1. The number of carbonyl (C=O) groups is 3. The van der Waals surface area contributed by atoms with Crippen molar-refractivity contribution in [2.75, 3.05) is 31.2 Å². The van der Waals surface area contributed by atoms with Crippen molar-refractivity contribution in [3.8, 4) is 0 Å². The summed E-state index contributed by atoms with van der Waals surface area (Å²) in [6.45, 7) is 4.04. The number of carbonyl (C=O) groups excluding carboxylic acids is 3. The van der Waals surface area contributed by atoms with Crippen LogP contribution in [0.2, 0.25) is 0 Å². The number of hydrogen-bond donors (Lipinski definition) is 2. The van der Waals surface area contributed by atoms with E-state index in [2.05, 4.69) is 5.32 Å². The number of ether oxygens (including phenoxy) is 2. The van der Waals surface area contributed by atoms with Crippen LogP contribution in [-0.4, -0.2) is 50.3 Å². The molecule has 3 amide bonds. The fraction of sp³-hybridized carbons (Fsp3) is 0.500. The molecule has 1 aromatic carbocycles. The number of nitrogens with one attached hydrogen (secondary N) is 1. The summed E-state index contributed by atoms with van der Waals surface area (Å²) in [5.74, 6) is -1.37. The first-order chi connectivity index (χ1) is 12.5. The minimum absolute atomic E-state index is 0.126. The van der Waals surface area contributed by atoms with Crippen LogP contribution in [0.5, 0.6) is 0 Å². The maximum absolute atomic E-state index is 12.5. The number of nitrogens with zero attached hydrogens (tertiary/aromatic N) is 1. The lowest BCUT2D eigenvalue weighted by atomic mass is 9.93. The van der Waals surface area contributed by atoms with Crippen molar-refractivity contribution >= 4 is 23.6 Å². The molecule has 26 heavy (non-hydrogen) atoms. The minimum Gasteiger partial charge on any atom is -0.448 e.